The third-order valence-corrected chi connectivity index (χ3v) is 3.20. The molecule has 1 heterocycles. The number of hydrogen-bond acceptors (Lipinski definition) is 2. The Morgan fingerprint density at radius 1 is 1.44 bits per heavy atom. The maximum Gasteiger partial charge on any atom is 0.188 e. The highest BCUT2D eigenvalue weighted by atomic mass is 15.1. The van der Waals surface area contributed by atoms with Crippen molar-refractivity contribution < 1.29 is 0 Å². The molecule has 0 amide bonds. The van der Waals surface area contributed by atoms with Gasteiger partial charge in [-0.3, -0.25) is 4.99 Å². The first-order valence-corrected chi connectivity index (χ1v) is 6.44. The summed E-state index contributed by atoms with van der Waals surface area (Å²) in [6.07, 6.45) is 4.92. The summed E-state index contributed by atoms with van der Waals surface area (Å²) >= 11 is 0. The molecule has 3 N–H and O–H groups in total. The zero-order valence-corrected chi connectivity index (χ0v) is 10.7. The van der Waals surface area contributed by atoms with E-state index in [-0.39, 0.29) is 0 Å². The number of rotatable bonds is 5. The zero-order valence-electron chi connectivity index (χ0n) is 10.7. The van der Waals surface area contributed by atoms with Crippen LogP contribution in [0.1, 0.15) is 32.6 Å². The number of nitrogens with two attached hydrogens (primary N) is 1. The Labute approximate surface area is 99.3 Å². The molecule has 1 saturated heterocycles. The summed E-state index contributed by atoms with van der Waals surface area (Å²) in [5.41, 5.74) is 5.73. The molecule has 0 aromatic rings. The maximum atomic E-state index is 5.73. The smallest absolute Gasteiger partial charge is 0.188 e. The van der Waals surface area contributed by atoms with Crippen LogP contribution in [0.3, 0.4) is 0 Å². The fourth-order valence-electron chi connectivity index (χ4n) is 2.04. The number of piperidine rings is 1. The van der Waals surface area contributed by atoms with Gasteiger partial charge in [-0.1, -0.05) is 6.92 Å². The summed E-state index contributed by atoms with van der Waals surface area (Å²) in [4.78, 5) is 6.62. The predicted molar refractivity (Wildman–Crippen MR) is 69.6 cm³/mol. The van der Waals surface area contributed by atoms with Crippen LogP contribution in [0.2, 0.25) is 0 Å². The van der Waals surface area contributed by atoms with E-state index in [4.69, 9.17) is 5.73 Å². The number of likely N-dealkylation sites (tertiary alicyclic amines) is 1. The minimum absolute atomic E-state index is 0.606. The highest BCUT2D eigenvalue weighted by molar-refractivity contribution is 5.77. The summed E-state index contributed by atoms with van der Waals surface area (Å²) in [5.74, 6) is 1.47. The largest absolute Gasteiger partial charge is 0.370 e. The van der Waals surface area contributed by atoms with Gasteiger partial charge < -0.3 is 16.0 Å². The van der Waals surface area contributed by atoms with E-state index in [0.717, 1.165) is 25.4 Å². The van der Waals surface area contributed by atoms with Gasteiger partial charge in [-0.15, -0.1) is 0 Å². The first kappa shape index (κ1) is 13.3. The van der Waals surface area contributed by atoms with Crippen LogP contribution < -0.4 is 11.1 Å². The molecule has 1 fully saturated rings. The van der Waals surface area contributed by atoms with Crippen LogP contribution in [0.5, 0.6) is 0 Å². The van der Waals surface area contributed by atoms with E-state index in [0.29, 0.717) is 5.96 Å². The summed E-state index contributed by atoms with van der Waals surface area (Å²) in [6, 6.07) is 0. The fourth-order valence-corrected chi connectivity index (χ4v) is 2.04. The highest BCUT2D eigenvalue weighted by Crippen LogP contribution is 2.18. The Morgan fingerprint density at radius 3 is 2.75 bits per heavy atom. The van der Waals surface area contributed by atoms with E-state index in [1.54, 1.807) is 0 Å². The van der Waals surface area contributed by atoms with E-state index in [2.05, 4.69) is 29.2 Å². The normalized spacial score (nSPS) is 20.0. The van der Waals surface area contributed by atoms with Gasteiger partial charge in [0.15, 0.2) is 5.96 Å². The number of nitrogens with zero attached hydrogens (tertiary/aromatic N) is 2. The van der Waals surface area contributed by atoms with Crippen LogP contribution in [-0.2, 0) is 0 Å². The highest BCUT2D eigenvalue weighted by Gasteiger charge is 2.15. The third-order valence-electron chi connectivity index (χ3n) is 3.20. The number of guanidine groups is 1. The third kappa shape index (κ3) is 5.35. The van der Waals surface area contributed by atoms with E-state index in [9.17, 15) is 0 Å². The van der Waals surface area contributed by atoms with Crippen molar-refractivity contribution in [2.75, 3.05) is 33.2 Å². The Hall–Kier alpha value is -0.770. The fraction of sp³-hybridized carbons (Fsp3) is 0.917. The molecule has 4 nitrogen and oxygen atoms in total. The van der Waals surface area contributed by atoms with Crippen molar-refractivity contribution in [3.05, 3.63) is 0 Å². The molecule has 0 bridgehead atoms. The second-order valence-corrected chi connectivity index (χ2v) is 4.73. The molecular formula is C12H26N4. The summed E-state index contributed by atoms with van der Waals surface area (Å²) in [6.45, 7) is 6.38. The van der Waals surface area contributed by atoms with Crippen LogP contribution >= 0.6 is 0 Å². The van der Waals surface area contributed by atoms with Crippen molar-refractivity contribution in [3.8, 4) is 0 Å². The lowest BCUT2D eigenvalue weighted by atomic mass is 9.94. The van der Waals surface area contributed by atoms with Gasteiger partial charge in [0.2, 0.25) is 0 Å². The molecule has 94 valence electrons. The van der Waals surface area contributed by atoms with Crippen LogP contribution in [0.4, 0.5) is 0 Å². The van der Waals surface area contributed by atoms with Gasteiger partial charge >= 0.3 is 0 Å². The van der Waals surface area contributed by atoms with Crippen LogP contribution in [-0.4, -0.2) is 44.1 Å². The molecule has 0 saturated carbocycles. The number of hydrogen-bond donors (Lipinski definition) is 2. The topological polar surface area (TPSA) is 53.6 Å². The van der Waals surface area contributed by atoms with Gasteiger partial charge in [0.1, 0.15) is 0 Å². The van der Waals surface area contributed by atoms with Crippen molar-refractivity contribution in [2.24, 2.45) is 16.6 Å². The summed E-state index contributed by atoms with van der Waals surface area (Å²) in [5, 5.41) is 3.19. The SMILES string of the molecule is CCCN=C(N)NCCC1CCN(C)CC1. The molecule has 1 aliphatic heterocycles. The summed E-state index contributed by atoms with van der Waals surface area (Å²) in [7, 11) is 2.20. The molecule has 16 heavy (non-hydrogen) atoms. The van der Waals surface area contributed by atoms with E-state index < -0.39 is 0 Å². The van der Waals surface area contributed by atoms with Gasteiger partial charge in [-0.05, 0) is 51.7 Å². The lowest BCUT2D eigenvalue weighted by Gasteiger charge is -2.28. The second kappa shape index (κ2) is 7.49. The van der Waals surface area contributed by atoms with E-state index in [1.807, 2.05) is 0 Å². The standard InChI is InChI=1S/C12H26N4/c1-3-7-14-12(13)15-8-4-11-5-9-16(2)10-6-11/h11H,3-10H2,1-2H3,(H3,13,14,15). The van der Waals surface area contributed by atoms with Gasteiger partial charge in [0, 0.05) is 13.1 Å². The van der Waals surface area contributed by atoms with Crippen molar-refractivity contribution in [1.29, 1.82) is 0 Å². The quantitative estimate of drug-likeness (QED) is 0.544. The minimum atomic E-state index is 0.606. The number of aliphatic imine (C=N–C) groups is 1. The lowest BCUT2D eigenvalue weighted by Crippen LogP contribution is -2.35. The molecular weight excluding hydrogens is 200 g/mol. The predicted octanol–water partition coefficient (Wildman–Crippen LogP) is 1.03. The maximum absolute atomic E-state index is 5.73. The molecule has 4 heteroatoms. The van der Waals surface area contributed by atoms with Crippen molar-refractivity contribution >= 4 is 5.96 Å². The average molecular weight is 226 g/mol. The van der Waals surface area contributed by atoms with Crippen molar-refractivity contribution in [1.82, 2.24) is 10.2 Å². The molecule has 0 atom stereocenters. The molecule has 0 aliphatic carbocycles. The lowest BCUT2D eigenvalue weighted by molar-refractivity contribution is 0.213. The monoisotopic (exact) mass is 226 g/mol. The molecule has 0 aromatic carbocycles. The van der Waals surface area contributed by atoms with Crippen LogP contribution in [0, 0.1) is 5.92 Å². The van der Waals surface area contributed by atoms with Crippen molar-refractivity contribution in [3.63, 3.8) is 0 Å². The van der Waals surface area contributed by atoms with Crippen molar-refractivity contribution in [2.45, 2.75) is 32.6 Å². The molecule has 0 unspecified atom stereocenters. The average Bonchev–Trinajstić information content (AvgIpc) is 2.29. The van der Waals surface area contributed by atoms with Gasteiger partial charge in [0.05, 0.1) is 0 Å². The first-order valence-electron chi connectivity index (χ1n) is 6.44. The zero-order chi connectivity index (χ0) is 11.8. The molecule has 1 rings (SSSR count). The summed E-state index contributed by atoms with van der Waals surface area (Å²) < 4.78 is 0. The molecule has 0 aromatic heterocycles. The van der Waals surface area contributed by atoms with E-state index in [1.165, 1.54) is 32.4 Å². The Kier molecular flexibility index (Phi) is 6.23. The molecule has 0 radical (unpaired) electrons. The van der Waals surface area contributed by atoms with Gasteiger partial charge in [-0.25, -0.2) is 0 Å². The van der Waals surface area contributed by atoms with Crippen LogP contribution in [0.25, 0.3) is 0 Å². The molecule has 0 spiro atoms. The second-order valence-electron chi connectivity index (χ2n) is 4.73. The Bertz CT molecular complexity index is 207. The molecule has 1 aliphatic rings. The van der Waals surface area contributed by atoms with Crippen LogP contribution in [0.15, 0.2) is 4.99 Å². The number of nitrogens with one attached hydrogen (secondary N) is 1. The minimum Gasteiger partial charge on any atom is -0.370 e. The Balaban J connectivity index is 2.06. The first-order chi connectivity index (χ1) is 7.72. The van der Waals surface area contributed by atoms with Gasteiger partial charge in [-0.2, -0.15) is 0 Å². The Morgan fingerprint density at radius 2 is 2.12 bits per heavy atom. The van der Waals surface area contributed by atoms with Gasteiger partial charge in [0.25, 0.3) is 0 Å². The van der Waals surface area contributed by atoms with E-state index >= 15 is 0 Å².